The molecule has 1 aliphatic carbocycles. The Hall–Kier alpha value is -0.700. The number of ketones is 1. The minimum absolute atomic E-state index is 0.0712. The van der Waals surface area contributed by atoms with Crippen LogP contribution < -0.4 is 0 Å². The first kappa shape index (κ1) is 13.7. The molecule has 0 saturated heterocycles. The van der Waals surface area contributed by atoms with E-state index in [1.807, 2.05) is 0 Å². The van der Waals surface area contributed by atoms with Gasteiger partial charge < -0.3 is 0 Å². The third-order valence-corrected chi connectivity index (χ3v) is 4.66. The summed E-state index contributed by atoms with van der Waals surface area (Å²) in [5, 5.41) is 0. The van der Waals surface area contributed by atoms with E-state index in [9.17, 15) is 9.18 Å². The first-order valence-corrected chi connectivity index (χ1v) is 7.42. The fourth-order valence-corrected chi connectivity index (χ4v) is 3.37. The Bertz CT molecular complexity index is 444. The molecule has 1 aromatic carbocycles. The van der Waals surface area contributed by atoms with Gasteiger partial charge in [-0.25, -0.2) is 4.39 Å². The maximum Gasteiger partial charge on any atom is 0.167 e. The molecule has 0 amide bonds. The van der Waals surface area contributed by atoms with Crippen molar-refractivity contribution in [2.24, 2.45) is 11.8 Å². The van der Waals surface area contributed by atoms with Crippen LogP contribution in [0.25, 0.3) is 0 Å². The molecule has 0 bridgehead atoms. The average Bonchev–Trinajstić information content (AvgIpc) is 2.40. The van der Waals surface area contributed by atoms with E-state index in [-0.39, 0.29) is 17.5 Å². The Labute approximate surface area is 116 Å². The van der Waals surface area contributed by atoms with Crippen LogP contribution in [0.3, 0.4) is 0 Å². The van der Waals surface area contributed by atoms with Crippen molar-refractivity contribution in [3.63, 3.8) is 0 Å². The fourth-order valence-electron chi connectivity index (χ4n) is 2.93. The minimum atomic E-state index is -0.342. The molecule has 0 heterocycles. The van der Waals surface area contributed by atoms with E-state index < -0.39 is 0 Å². The van der Waals surface area contributed by atoms with Crippen molar-refractivity contribution < 1.29 is 9.18 Å². The van der Waals surface area contributed by atoms with Gasteiger partial charge in [0.25, 0.3) is 0 Å². The van der Waals surface area contributed by atoms with Crippen molar-refractivity contribution in [2.75, 3.05) is 0 Å². The first-order valence-electron chi connectivity index (χ1n) is 6.62. The van der Waals surface area contributed by atoms with Gasteiger partial charge in [-0.2, -0.15) is 0 Å². The van der Waals surface area contributed by atoms with E-state index in [1.54, 1.807) is 6.07 Å². The second-order valence-electron chi connectivity index (χ2n) is 5.05. The Kier molecular flexibility index (Phi) is 4.55. The SMILES string of the molecule is CCC1CCCCC1C(=O)c1cc(F)ccc1Br. The number of Topliss-reactive ketones (excluding diaryl/α,β-unsaturated/α-hetero) is 1. The number of carbonyl (C=O) groups excluding carboxylic acids is 1. The minimum Gasteiger partial charge on any atom is -0.294 e. The highest BCUT2D eigenvalue weighted by Crippen LogP contribution is 2.35. The van der Waals surface area contributed by atoms with E-state index in [2.05, 4.69) is 22.9 Å². The van der Waals surface area contributed by atoms with Crippen LogP contribution in [0.2, 0.25) is 0 Å². The van der Waals surface area contributed by atoms with E-state index in [1.165, 1.54) is 18.6 Å². The maximum atomic E-state index is 13.3. The lowest BCUT2D eigenvalue weighted by molar-refractivity contribution is 0.0819. The highest BCUT2D eigenvalue weighted by Gasteiger charge is 2.31. The smallest absolute Gasteiger partial charge is 0.167 e. The first-order chi connectivity index (χ1) is 8.63. The zero-order valence-corrected chi connectivity index (χ0v) is 12.2. The monoisotopic (exact) mass is 312 g/mol. The summed E-state index contributed by atoms with van der Waals surface area (Å²) in [4.78, 5) is 12.5. The quantitative estimate of drug-likeness (QED) is 0.719. The van der Waals surface area contributed by atoms with Gasteiger partial charge in [-0.15, -0.1) is 0 Å². The molecule has 1 nitrogen and oxygen atoms in total. The second kappa shape index (κ2) is 5.96. The van der Waals surface area contributed by atoms with Crippen LogP contribution in [0.4, 0.5) is 4.39 Å². The van der Waals surface area contributed by atoms with Gasteiger partial charge in [0.2, 0.25) is 0 Å². The number of carbonyl (C=O) groups is 1. The number of benzene rings is 1. The molecule has 18 heavy (non-hydrogen) atoms. The van der Waals surface area contributed by atoms with Crippen molar-refractivity contribution >= 4 is 21.7 Å². The van der Waals surface area contributed by atoms with Crippen LogP contribution in [0.15, 0.2) is 22.7 Å². The molecule has 0 N–H and O–H groups in total. The summed E-state index contributed by atoms with van der Waals surface area (Å²) in [6, 6.07) is 4.35. The van der Waals surface area contributed by atoms with Crippen molar-refractivity contribution in [2.45, 2.75) is 39.0 Å². The third-order valence-electron chi connectivity index (χ3n) is 3.96. The lowest BCUT2D eigenvalue weighted by Crippen LogP contribution is -2.27. The normalized spacial score (nSPS) is 23.9. The van der Waals surface area contributed by atoms with Gasteiger partial charge in [-0.05, 0) is 37.0 Å². The number of rotatable bonds is 3. The highest BCUT2D eigenvalue weighted by molar-refractivity contribution is 9.10. The standard InChI is InChI=1S/C15H18BrFO/c1-2-10-5-3-4-6-12(10)15(18)13-9-11(17)7-8-14(13)16/h7-10,12H,2-6H2,1H3. The van der Waals surface area contributed by atoms with Gasteiger partial charge in [0.15, 0.2) is 5.78 Å². The summed E-state index contributed by atoms with van der Waals surface area (Å²) < 4.78 is 14.0. The molecule has 1 aromatic rings. The van der Waals surface area contributed by atoms with Gasteiger partial charge >= 0.3 is 0 Å². The maximum absolute atomic E-state index is 13.3. The summed E-state index contributed by atoms with van der Waals surface area (Å²) in [5.74, 6) is 0.293. The predicted octanol–water partition coefficient (Wildman–Crippen LogP) is 4.99. The zero-order valence-electron chi connectivity index (χ0n) is 10.6. The van der Waals surface area contributed by atoms with Crippen molar-refractivity contribution in [3.8, 4) is 0 Å². The molecule has 0 spiro atoms. The molecule has 1 saturated carbocycles. The molecule has 2 atom stereocenters. The molecule has 3 heteroatoms. The molecule has 98 valence electrons. The summed E-state index contributed by atoms with van der Waals surface area (Å²) in [6.07, 6.45) is 5.43. The fraction of sp³-hybridized carbons (Fsp3) is 0.533. The Morgan fingerprint density at radius 1 is 1.39 bits per heavy atom. The molecule has 1 fully saturated rings. The highest BCUT2D eigenvalue weighted by atomic mass is 79.9. The van der Waals surface area contributed by atoms with Crippen LogP contribution in [0.5, 0.6) is 0 Å². The van der Waals surface area contributed by atoms with Crippen LogP contribution in [0.1, 0.15) is 49.4 Å². The second-order valence-corrected chi connectivity index (χ2v) is 5.90. The van der Waals surface area contributed by atoms with Gasteiger partial charge in [0.05, 0.1) is 0 Å². The van der Waals surface area contributed by atoms with Gasteiger partial charge in [-0.1, -0.05) is 42.1 Å². The topological polar surface area (TPSA) is 17.1 Å². The number of halogens is 2. The summed E-state index contributed by atoms with van der Waals surface area (Å²) in [7, 11) is 0. The lowest BCUT2D eigenvalue weighted by atomic mass is 9.74. The van der Waals surface area contributed by atoms with E-state index >= 15 is 0 Å². The molecule has 2 unspecified atom stereocenters. The van der Waals surface area contributed by atoms with Crippen LogP contribution in [-0.4, -0.2) is 5.78 Å². The Morgan fingerprint density at radius 3 is 2.83 bits per heavy atom. The van der Waals surface area contributed by atoms with Gasteiger partial charge in [-0.3, -0.25) is 4.79 Å². The number of hydrogen-bond donors (Lipinski definition) is 0. The number of hydrogen-bond acceptors (Lipinski definition) is 1. The lowest BCUT2D eigenvalue weighted by Gasteiger charge is -2.29. The van der Waals surface area contributed by atoms with Crippen LogP contribution >= 0.6 is 15.9 Å². The molecule has 0 radical (unpaired) electrons. The van der Waals surface area contributed by atoms with Crippen molar-refractivity contribution in [1.82, 2.24) is 0 Å². The molecular weight excluding hydrogens is 295 g/mol. The van der Waals surface area contributed by atoms with E-state index in [0.717, 1.165) is 25.7 Å². The zero-order chi connectivity index (χ0) is 13.1. The van der Waals surface area contributed by atoms with Crippen LogP contribution in [0, 0.1) is 17.7 Å². The molecule has 2 rings (SSSR count). The molecule has 1 aliphatic rings. The van der Waals surface area contributed by atoms with Gasteiger partial charge in [0, 0.05) is 16.0 Å². The average molecular weight is 313 g/mol. The Balaban J connectivity index is 2.26. The van der Waals surface area contributed by atoms with Crippen molar-refractivity contribution in [1.29, 1.82) is 0 Å². The predicted molar refractivity (Wildman–Crippen MR) is 74.2 cm³/mol. The Morgan fingerprint density at radius 2 is 2.11 bits per heavy atom. The summed E-state index contributed by atoms with van der Waals surface area (Å²) in [5.41, 5.74) is 0.500. The summed E-state index contributed by atoms with van der Waals surface area (Å²) in [6.45, 7) is 2.14. The van der Waals surface area contributed by atoms with Crippen LogP contribution in [-0.2, 0) is 0 Å². The van der Waals surface area contributed by atoms with E-state index in [4.69, 9.17) is 0 Å². The molecule has 0 aliphatic heterocycles. The van der Waals surface area contributed by atoms with Crippen molar-refractivity contribution in [3.05, 3.63) is 34.1 Å². The van der Waals surface area contributed by atoms with E-state index in [0.29, 0.717) is 16.0 Å². The largest absolute Gasteiger partial charge is 0.294 e. The summed E-state index contributed by atoms with van der Waals surface area (Å²) >= 11 is 3.35. The molecule has 0 aromatic heterocycles. The third kappa shape index (κ3) is 2.82. The van der Waals surface area contributed by atoms with Gasteiger partial charge in [0.1, 0.15) is 5.82 Å². The molecular formula is C15H18BrFO.